The van der Waals surface area contributed by atoms with Crippen LogP contribution < -0.4 is 10.2 Å². The molecule has 2 fully saturated rings. The molecule has 1 aliphatic carbocycles. The van der Waals surface area contributed by atoms with E-state index in [0.717, 1.165) is 43.1 Å². The molecule has 7 heteroatoms. The van der Waals surface area contributed by atoms with Gasteiger partial charge in [-0.15, -0.1) is 0 Å². The number of aliphatic hydroxyl groups excluding tert-OH is 1. The van der Waals surface area contributed by atoms with Crippen molar-refractivity contribution in [2.24, 2.45) is 0 Å². The number of aromatic nitrogens is 2. The highest BCUT2D eigenvalue weighted by Gasteiger charge is 2.26. The normalized spacial score (nSPS) is 19.6. The van der Waals surface area contributed by atoms with Crippen molar-refractivity contribution in [3.63, 3.8) is 0 Å². The van der Waals surface area contributed by atoms with Gasteiger partial charge in [-0.1, -0.05) is 18.7 Å². The second-order valence-electron chi connectivity index (χ2n) is 7.96. The van der Waals surface area contributed by atoms with Gasteiger partial charge in [-0.25, -0.2) is 0 Å². The summed E-state index contributed by atoms with van der Waals surface area (Å²) in [5.74, 6) is 0.864. The lowest BCUT2D eigenvalue weighted by Gasteiger charge is -2.37. The fourth-order valence-electron chi connectivity index (χ4n) is 3.76. The van der Waals surface area contributed by atoms with Crippen molar-refractivity contribution < 1.29 is 9.90 Å². The number of hydrogen-bond donors (Lipinski definition) is 3. The Balaban J connectivity index is 1.33. The number of benzene rings is 1. The van der Waals surface area contributed by atoms with Crippen LogP contribution in [0.4, 0.5) is 11.5 Å². The maximum Gasteiger partial charge on any atom is 0.232 e. The third-order valence-electron chi connectivity index (χ3n) is 5.92. The lowest BCUT2D eigenvalue weighted by Crippen LogP contribution is -2.49. The second kappa shape index (κ2) is 8.39. The molecule has 1 saturated carbocycles. The minimum Gasteiger partial charge on any atom is -0.375 e. The van der Waals surface area contributed by atoms with Gasteiger partial charge in [-0.3, -0.25) is 14.8 Å². The minimum atomic E-state index is -0.575. The van der Waals surface area contributed by atoms with Crippen LogP contribution in [0, 0.1) is 0 Å². The topological polar surface area (TPSA) is 84.5 Å². The molecule has 2 heterocycles. The number of H-pyrrole nitrogens is 1. The van der Waals surface area contributed by atoms with E-state index in [1.54, 1.807) is 6.08 Å². The van der Waals surface area contributed by atoms with Gasteiger partial charge < -0.3 is 15.3 Å². The highest BCUT2D eigenvalue weighted by molar-refractivity contribution is 5.94. The van der Waals surface area contributed by atoms with Gasteiger partial charge >= 0.3 is 0 Å². The molecule has 2 aliphatic rings. The molecule has 0 radical (unpaired) electrons. The molecule has 4 rings (SSSR count). The Morgan fingerprint density at radius 3 is 2.59 bits per heavy atom. The summed E-state index contributed by atoms with van der Waals surface area (Å²) in [6.45, 7) is 8.84. The zero-order chi connectivity index (χ0) is 20.4. The van der Waals surface area contributed by atoms with Crippen LogP contribution in [0.5, 0.6) is 0 Å². The molecule has 29 heavy (non-hydrogen) atoms. The van der Waals surface area contributed by atoms with E-state index in [1.165, 1.54) is 12.8 Å². The molecule has 2 atom stereocenters. The number of anilines is 2. The van der Waals surface area contributed by atoms with Gasteiger partial charge in [0.1, 0.15) is 6.23 Å². The summed E-state index contributed by atoms with van der Waals surface area (Å²) in [5, 5.41) is 20.0. The van der Waals surface area contributed by atoms with E-state index >= 15 is 0 Å². The van der Waals surface area contributed by atoms with Gasteiger partial charge in [0.2, 0.25) is 5.91 Å². The van der Waals surface area contributed by atoms with Crippen LogP contribution in [-0.4, -0.2) is 58.5 Å². The highest BCUT2D eigenvalue weighted by Crippen LogP contribution is 2.39. The van der Waals surface area contributed by atoms with Crippen molar-refractivity contribution in [3.8, 4) is 0 Å². The van der Waals surface area contributed by atoms with Crippen molar-refractivity contribution in [2.75, 3.05) is 36.4 Å². The standard InChI is InChI=1S/C22H29N5O2/c1-3-21(28)27-12-10-26(11-13-27)18-8-6-16(7-9-18)15(2)22(29)23-20-14-19(24-25-20)17-4-5-17/h3,6-9,14-15,17,21,28H,1,4-5,10-13H2,2H3,(H2,23,24,25,29). The van der Waals surface area contributed by atoms with Crippen LogP contribution in [0.25, 0.3) is 0 Å². The van der Waals surface area contributed by atoms with E-state index < -0.39 is 6.23 Å². The molecule has 1 aliphatic heterocycles. The van der Waals surface area contributed by atoms with Gasteiger partial charge in [-0.2, -0.15) is 5.10 Å². The number of amides is 1. The number of carbonyl (C=O) groups is 1. The molecule has 1 amide bonds. The Bertz CT molecular complexity index is 850. The maximum absolute atomic E-state index is 12.6. The van der Waals surface area contributed by atoms with E-state index in [9.17, 15) is 9.90 Å². The van der Waals surface area contributed by atoms with Crippen molar-refractivity contribution in [1.82, 2.24) is 15.1 Å². The number of rotatable bonds is 7. The Kier molecular flexibility index (Phi) is 5.69. The molecule has 1 aromatic heterocycles. The van der Waals surface area contributed by atoms with Crippen LogP contribution in [0.1, 0.15) is 42.9 Å². The molecule has 2 unspecified atom stereocenters. The molecule has 0 spiro atoms. The van der Waals surface area contributed by atoms with Crippen molar-refractivity contribution in [1.29, 1.82) is 0 Å². The fraction of sp³-hybridized carbons (Fsp3) is 0.455. The van der Waals surface area contributed by atoms with Crippen LogP contribution >= 0.6 is 0 Å². The van der Waals surface area contributed by atoms with Gasteiger partial charge in [0.25, 0.3) is 0 Å². The summed E-state index contributed by atoms with van der Waals surface area (Å²) in [5.41, 5.74) is 3.22. The molecular formula is C22H29N5O2. The first kappa shape index (κ1) is 19.7. The molecule has 1 saturated heterocycles. The largest absolute Gasteiger partial charge is 0.375 e. The van der Waals surface area contributed by atoms with Crippen molar-refractivity contribution in [2.45, 2.75) is 37.8 Å². The molecule has 2 aromatic rings. The van der Waals surface area contributed by atoms with Crippen LogP contribution in [0.3, 0.4) is 0 Å². The summed E-state index contributed by atoms with van der Waals surface area (Å²) in [7, 11) is 0. The van der Waals surface area contributed by atoms with Crippen LogP contribution in [0.15, 0.2) is 43.0 Å². The molecular weight excluding hydrogens is 366 g/mol. The van der Waals surface area contributed by atoms with E-state index in [1.807, 2.05) is 30.0 Å². The smallest absolute Gasteiger partial charge is 0.232 e. The minimum absolute atomic E-state index is 0.0568. The van der Waals surface area contributed by atoms with E-state index in [0.29, 0.717) is 11.7 Å². The van der Waals surface area contributed by atoms with Crippen LogP contribution in [-0.2, 0) is 4.79 Å². The quantitative estimate of drug-likeness (QED) is 0.628. The van der Waals surface area contributed by atoms with Crippen molar-refractivity contribution in [3.05, 3.63) is 54.2 Å². The average Bonchev–Trinajstić information content (AvgIpc) is 3.52. The summed E-state index contributed by atoms with van der Waals surface area (Å²) in [6.07, 6.45) is 3.38. The third-order valence-corrected chi connectivity index (χ3v) is 5.92. The molecule has 154 valence electrons. The van der Waals surface area contributed by atoms with E-state index in [2.05, 4.69) is 39.1 Å². The molecule has 0 bridgehead atoms. The number of carbonyl (C=O) groups excluding carboxylic acids is 1. The van der Waals surface area contributed by atoms with Gasteiger partial charge in [0.05, 0.1) is 5.92 Å². The first-order valence-electron chi connectivity index (χ1n) is 10.3. The number of hydrogen-bond acceptors (Lipinski definition) is 5. The highest BCUT2D eigenvalue weighted by atomic mass is 16.3. The van der Waals surface area contributed by atoms with Crippen molar-refractivity contribution >= 4 is 17.4 Å². The maximum atomic E-state index is 12.6. The number of aliphatic hydroxyl groups is 1. The number of nitrogens with one attached hydrogen (secondary N) is 2. The summed E-state index contributed by atoms with van der Waals surface area (Å²) in [6, 6.07) is 10.1. The van der Waals surface area contributed by atoms with Gasteiger partial charge in [-0.05, 0) is 43.5 Å². The monoisotopic (exact) mass is 395 g/mol. The Morgan fingerprint density at radius 2 is 1.97 bits per heavy atom. The first-order valence-corrected chi connectivity index (χ1v) is 10.3. The summed E-state index contributed by atoms with van der Waals surface area (Å²) in [4.78, 5) is 16.9. The Hall–Kier alpha value is -2.64. The SMILES string of the molecule is C=CC(O)N1CCN(c2ccc(C(C)C(=O)Nc3cc(C4CC4)[nH]n3)cc2)CC1. The third kappa shape index (κ3) is 4.52. The predicted octanol–water partition coefficient (Wildman–Crippen LogP) is 2.66. The number of aromatic amines is 1. The second-order valence-corrected chi connectivity index (χ2v) is 7.96. The lowest BCUT2D eigenvalue weighted by atomic mass is 10.00. The average molecular weight is 396 g/mol. The number of piperazine rings is 1. The molecule has 7 nitrogen and oxygen atoms in total. The van der Waals surface area contributed by atoms with Gasteiger partial charge in [0.15, 0.2) is 5.82 Å². The Morgan fingerprint density at radius 1 is 1.28 bits per heavy atom. The predicted molar refractivity (Wildman–Crippen MR) is 114 cm³/mol. The lowest BCUT2D eigenvalue weighted by molar-refractivity contribution is -0.117. The van der Waals surface area contributed by atoms with Gasteiger partial charge in [0, 0.05) is 49.5 Å². The first-order chi connectivity index (χ1) is 14.0. The summed E-state index contributed by atoms with van der Waals surface area (Å²) < 4.78 is 0. The van der Waals surface area contributed by atoms with E-state index in [-0.39, 0.29) is 11.8 Å². The zero-order valence-corrected chi connectivity index (χ0v) is 16.8. The fourth-order valence-corrected chi connectivity index (χ4v) is 3.76. The number of nitrogens with zero attached hydrogens (tertiary/aromatic N) is 3. The molecule has 1 aromatic carbocycles. The molecule has 3 N–H and O–H groups in total. The zero-order valence-electron chi connectivity index (χ0n) is 16.8. The summed E-state index contributed by atoms with van der Waals surface area (Å²) >= 11 is 0. The Labute approximate surface area is 171 Å². The van der Waals surface area contributed by atoms with E-state index in [4.69, 9.17) is 0 Å². The van der Waals surface area contributed by atoms with Crippen LogP contribution in [0.2, 0.25) is 0 Å².